The van der Waals surface area contributed by atoms with Crippen molar-refractivity contribution in [2.24, 2.45) is 0 Å². The van der Waals surface area contributed by atoms with Crippen LogP contribution in [0.5, 0.6) is 0 Å². The fraction of sp³-hybridized carbons (Fsp3) is 0.647. The summed E-state index contributed by atoms with van der Waals surface area (Å²) in [5, 5.41) is 4.24. The molecular formula is C17H24ClFN2. The zero-order chi connectivity index (χ0) is 15.1. The molecule has 0 atom stereocenters. The first-order valence-electron chi connectivity index (χ1n) is 7.84. The van der Waals surface area contributed by atoms with Gasteiger partial charge in [-0.2, -0.15) is 0 Å². The lowest BCUT2D eigenvalue weighted by atomic mass is 9.86. The van der Waals surface area contributed by atoms with E-state index in [1.165, 1.54) is 37.8 Å². The second-order valence-electron chi connectivity index (χ2n) is 7.26. The quantitative estimate of drug-likeness (QED) is 0.889. The van der Waals surface area contributed by atoms with Crippen LogP contribution in [0.25, 0.3) is 0 Å². The Labute approximate surface area is 131 Å². The minimum absolute atomic E-state index is 0.111. The summed E-state index contributed by atoms with van der Waals surface area (Å²) in [6.45, 7) is 7.34. The highest BCUT2D eigenvalue weighted by atomic mass is 35.5. The van der Waals surface area contributed by atoms with Gasteiger partial charge in [0.2, 0.25) is 0 Å². The molecule has 1 aliphatic carbocycles. The third kappa shape index (κ3) is 3.10. The summed E-state index contributed by atoms with van der Waals surface area (Å²) in [4.78, 5) is 2.58. The van der Waals surface area contributed by atoms with Gasteiger partial charge in [-0.15, -0.1) is 0 Å². The van der Waals surface area contributed by atoms with E-state index < -0.39 is 0 Å². The molecule has 2 aliphatic rings. The monoisotopic (exact) mass is 310 g/mol. The van der Waals surface area contributed by atoms with E-state index in [1.54, 1.807) is 0 Å². The van der Waals surface area contributed by atoms with E-state index >= 15 is 0 Å². The summed E-state index contributed by atoms with van der Waals surface area (Å²) in [6.07, 6.45) is 5.09. The van der Waals surface area contributed by atoms with Gasteiger partial charge in [0, 0.05) is 35.7 Å². The number of nitrogens with zero attached hydrogens (tertiary/aromatic N) is 1. The van der Waals surface area contributed by atoms with Crippen LogP contribution in [0.15, 0.2) is 18.2 Å². The van der Waals surface area contributed by atoms with Gasteiger partial charge in [0.25, 0.3) is 0 Å². The maximum absolute atomic E-state index is 13.2. The summed E-state index contributed by atoms with van der Waals surface area (Å²) < 4.78 is 13.2. The molecule has 1 spiro atoms. The highest BCUT2D eigenvalue weighted by Crippen LogP contribution is 2.39. The second kappa shape index (κ2) is 5.53. The molecule has 1 saturated carbocycles. The molecule has 1 aliphatic heterocycles. The number of nitrogens with one attached hydrogen (secondary N) is 1. The first-order valence-corrected chi connectivity index (χ1v) is 8.22. The number of rotatable bonds is 2. The highest BCUT2D eigenvalue weighted by molar-refractivity contribution is 6.31. The number of piperazine rings is 1. The molecular weight excluding hydrogens is 287 g/mol. The van der Waals surface area contributed by atoms with Gasteiger partial charge in [0.1, 0.15) is 5.82 Å². The number of halogens is 2. The van der Waals surface area contributed by atoms with Crippen LogP contribution in [0.1, 0.15) is 45.1 Å². The molecule has 0 radical (unpaired) electrons. The lowest BCUT2D eigenvalue weighted by Crippen LogP contribution is -2.66. The van der Waals surface area contributed by atoms with Crippen molar-refractivity contribution in [2.75, 3.05) is 13.1 Å². The summed E-state index contributed by atoms with van der Waals surface area (Å²) in [5.74, 6) is -0.264. The molecule has 1 aromatic carbocycles. The average Bonchev–Trinajstić information content (AvgIpc) is 2.87. The molecule has 21 heavy (non-hydrogen) atoms. The van der Waals surface area contributed by atoms with Crippen molar-refractivity contribution < 1.29 is 4.39 Å². The van der Waals surface area contributed by atoms with Crippen LogP contribution in [0.3, 0.4) is 0 Å². The van der Waals surface area contributed by atoms with Crippen LogP contribution in [-0.4, -0.2) is 29.1 Å². The molecule has 0 aromatic heterocycles. The lowest BCUT2D eigenvalue weighted by molar-refractivity contribution is 0.0122. The van der Waals surface area contributed by atoms with Crippen LogP contribution in [0.2, 0.25) is 5.02 Å². The minimum atomic E-state index is -0.264. The maximum atomic E-state index is 13.2. The summed E-state index contributed by atoms with van der Waals surface area (Å²) >= 11 is 6.23. The molecule has 3 rings (SSSR count). The second-order valence-corrected chi connectivity index (χ2v) is 7.67. The Bertz CT molecular complexity index is 524. The van der Waals surface area contributed by atoms with Crippen molar-refractivity contribution in [3.05, 3.63) is 34.6 Å². The van der Waals surface area contributed by atoms with Crippen LogP contribution < -0.4 is 5.32 Å². The van der Waals surface area contributed by atoms with Gasteiger partial charge in [-0.3, -0.25) is 4.90 Å². The predicted molar refractivity (Wildman–Crippen MR) is 85.1 cm³/mol. The van der Waals surface area contributed by atoms with Gasteiger partial charge in [-0.1, -0.05) is 30.5 Å². The highest BCUT2D eigenvalue weighted by Gasteiger charge is 2.45. The van der Waals surface area contributed by atoms with Crippen LogP contribution in [0.4, 0.5) is 4.39 Å². The largest absolute Gasteiger partial charge is 0.309 e. The average molecular weight is 311 g/mol. The Kier molecular flexibility index (Phi) is 4.02. The van der Waals surface area contributed by atoms with Gasteiger partial charge >= 0.3 is 0 Å². The molecule has 2 fully saturated rings. The molecule has 1 N–H and O–H groups in total. The van der Waals surface area contributed by atoms with Gasteiger partial charge in [-0.25, -0.2) is 4.39 Å². The molecule has 4 heteroatoms. The predicted octanol–water partition coefficient (Wildman–Crippen LogP) is 3.98. The normalized spacial score (nSPS) is 24.6. The zero-order valence-corrected chi connectivity index (χ0v) is 13.6. The van der Waals surface area contributed by atoms with Gasteiger partial charge in [0.15, 0.2) is 0 Å². The SMILES string of the molecule is CC1(C)CN(Cc2ccc(F)cc2Cl)C2(CCCC2)CN1. The maximum Gasteiger partial charge on any atom is 0.124 e. The molecule has 0 unspecified atom stereocenters. The first-order chi connectivity index (χ1) is 9.90. The van der Waals surface area contributed by atoms with Crippen LogP contribution in [-0.2, 0) is 6.54 Å². The molecule has 0 amide bonds. The molecule has 116 valence electrons. The molecule has 1 saturated heterocycles. The van der Waals surface area contributed by atoms with Gasteiger partial charge in [0.05, 0.1) is 0 Å². The Morgan fingerprint density at radius 1 is 1.29 bits per heavy atom. The third-order valence-electron chi connectivity index (χ3n) is 5.06. The Morgan fingerprint density at radius 2 is 2.00 bits per heavy atom. The van der Waals surface area contributed by atoms with E-state index in [0.29, 0.717) is 5.02 Å². The van der Waals surface area contributed by atoms with Crippen molar-refractivity contribution >= 4 is 11.6 Å². The number of hydrogen-bond acceptors (Lipinski definition) is 2. The molecule has 2 nitrogen and oxygen atoms in total. The van der Waals surface area contributed by atoms with E-state index in [-0.39, 0.29) is 16.9 Å². The summed E-state index contributed by atoms with van der Waals surface area (Å²) in [5.41, 5.74) is 1.40. The summed E-state index contributed by atoms with van der Waals surface area (Å²) in [6, 6.07) is 4.76. The van der Waals surface area contributed by atoms with Gasteiger partial charge in [-0.05, 0) is 44.4 Å². The Hall–Kier alpha value is -0.640. The fourth-order valence-corrected chi connectivity index (χ4v) is 4.05. The lowest BCUT2D eigenvalue weighted by Gasteiger charge is -2.51. The fourth-order valence-electron chi connectivity index (χ4n) is 3.82. The van der Waals surface area contributed by atoms with Crippen molar-refractivity contribution in [2.45, 2.75) is 57.2 Å². The number of benzene rings is 1. The minimum Gasteiger partial charge on any atom is -0.309 e. The van der Waals surface area contributed by atoms with Crippen LogP contribution in [0, 0.1) is 5.82 Å². The Morgan fingerprint density at radius 3 is 2.67 bits per heavy atom. The summed E-state index contributed by atoms with van der Waals surface area (Å²) in [7, 11) is 0. The molecule has 0 bridgehead atoms. The smallest absolute Gasteiger partial charge is 0.124 e. The molecule has 1 aromatic rings. The van der Waals surface area contributed by atoms with Crippen molar-refractivity contribution in [1.82, 2.24) is 10.2 Å². The molecule has 1 heterocycles. The van der Waals surface area contributed by atoms with Crippen LogP contribution >= 0.6 is 11.6 Å². The topological polar surface area (TPSA) is 15.3 Å². The Balaban J connectivity index is 1.85. The van der Waals surface area contributed by atoms with E-state index in [9.17, 15) is 4.39 Å². The van der Waals surface area contributed by atoms with Crippen molar-refractivity contribution in [1.29, 1.82) is 0 Å². The van der Waals surface area contributed by atoms with E-state index in [1.807, 2.05) is 6.07 Å². The third-order valence-corrected chi connectivity index (χ3v) is 5.42. The van der Waals surface area contributed by atoms with Crippen molar-refractivity contribution in [3.63, 3.8) is 0 Å². The standard InChI is InChI=1S/C17H24ClFN2/c1-16(2)12-21(17(11-20-16)7-3-4-8-17)10-13-5-6-14(19)9-15(13)18/h5-6,9,20H,3-4,7-8,10-12H2,1-2H3. The van der Waals surface area contributed by atoms with E-state index in [2.05, 4.69) is 24.1 Å². The first kappa shape index (κ1) is 15.3. The van der Waals surface area contributed by atoms with Gasteiger partial charge < -0.3 is 5.32 Å². The zero-order valence-electron chi connectivity index (χ0n) is 12.9. The van der Waals surface area contributed by atoms with Crippen molar-refractivity contribution in [3.8, 4) is 0 Å². The van der Waals surface area contributed by atoms with E-state index in [0.717, 1.165) is 25.2 Å². The van der Waals surface area contributed by atoms with E-state index in [4.69, 9.17) is 11.6 Å². The number of hydrogen-bond donors (Lipinski definition) is 1.